The number of thioether (sulfide) groups is 1. The lowest BCUT2D eigenvalue weighted by molar-refractivity contribution is -0.118. The fourth-order valence-electron chi connectivity index (χ4n) is 2.31. The molecule has 1 fully saturated rings. The molecule has 0 spiro atoms. The number of hydrogen-bond acceptors (Lipinski definition) is 5. The summed E-state index contributed by atoms with van der Waals surface area (Å²) in [4.78, 5) is 13.2. The number of carbonyl (C=O) groups excluding carboxylic acids is 1. The summed E-state index contributed by atoms with van der Waals surface area (Å²) in [6.07, 6.45) is 3.32. The number of carbonyl (C=O) groups is 1. The minimum absolute atomic E-state index is 0.0557. The first-order valence-corrected chi connectivity index (χ1v) is 9.49. The fraction of sp³-hybridized carbons (Fsp3) is 0.533. The van der Waals surface area contributed by atoms with Gasteiger partial charge in [0.05, 0.1) is 5.75 Å². The number of amides is 1. The van der Waals surface area contributed by atoms with Crippen LogP contribution in [0.2, 0.25) is 0 Å². The predicted octanol–water partition coefficient (Wildman–Crippen LogP) is 2.69. The second-order valence-corrected chi connectivity index (χ2v) is 7.30. The molecule has 1 saturated carbocycles. The van der Waals surface area contributed by atoms with E-state index in [0.29, 0.717) is 18.2 Å². The molecule has 0 saturated heterocycles. The highest BCUT2D eigenvalue weighted by atomic mass is 32.2. The van der Waals surface area contributed by atoms with Gasteiger partial charge in [0.1, 0.15) is 5.82 Å². The normalized spacial score (nSPS) is 14.2. The van der Waals surface area contributed by atoms with Crippen molar-refractivity contribution in [1.29, 1.82) is 0 Å². The highest BCUT2D eigenvalue weighted by molar-refractivity contribution is 7.99. The van der Waals surface area contributed by atoms with Crippen LogP contribution in [-0.4, -0.2) is 33.0 Å². The van der Waals surface area contributed by atoms with E-state index in [0.717, 1.165) is 23.9 Å². The minimum atomic E-state index is 0.0557. The molecule has 0 radical (unpaired) electrons. The van der Waals surface area contributed by atoms with Gasteiger partial charge in [-0.15, -0.1) is 21.5 Å². The Kier molecular flexibility index (Phi) is 5.15. The van der Waals surface area contributed by atoms with Crippen molar-refractivity contribution in [3.63, 3.8) is 0 Å². The first-order chi connectivity index (χ1) is 10.8. The highest BCUT2D eigenvalue weighted by Crippen LogP contribution is 2.39. The smallest absolute Gasteiger partial charge is 0.230 e. The maximum Gasteiger partial charge on any atom is 0.230 e. The molecule has 0 unspecified atom stereocenters. The van der Waals surface area contributed by atoms with Gasteiger partial charge in [0, 0.05) is 23.9 Å². The zero-order chi connectivity index (χ0) is 15.4. The van der Waals surface area contributed by atoms with E-state index in [1.54, 1.807) is 11.3 Å². The topological polar surface area (TPSA) is 59.8 Å². The fourth-order valence-corrected chi connectivity index (χ4v) is 3.86. The average Bonchev–Trinajstić information content (AvgIpc) is 3.08. The van der Waals surface area contributed by atoms with Gasteiger partial charge in [0.2, 0.25) is 5.91 Å². The molecule has 1 aliphatic rings. The summed E-state index contributed by atoms with van der Waals surface area (Å²) in [5.41, 5.74) is 0. The summed E-state index contributed by atoms with van der Waals surface area (Å²) in [6, 6.07) is 4.13. The van der Waals surface area contributed by atoms with Crippen LogP contribution in [0.4, 0.5) is 0 Å². The molecule has 1 aliphatic carbocycles. The summed E-state index contributed by atoms with van der Waals surface area (Å²) in [7, 11) is 0. The van der Waals surface area contributed by atoms with Crippen molar-refractivity contribution in [1.82, 2.24) is 20.1 Å². The molecule has 1 N–H and O–H groups in total. The van der Waals surface area contributed by atoms with Crippen LogP contribution in [0, 0.1) is 0 Å². The highest BCUT2D eigenvalue weighted by Gasteiger charge is 2.30. The Balaban J connectivity index is 1.44. The molecule has 2 aromatic heterocycles. The van der Waals surface area contributed by atoms with E-state index in [-0.39, 0.29) is 5.91 Å². The van der Waals surface area contributed by atoms with Crippen LogP contribution in [0.25, 0.3) is 0 Å². The van der Waals surface area contributed by atoms with Crippen LogP contribution in [0.1, 0.15) is 36.4 Å². The lowest BCUT2D eigenvalue weighted by Gasteiger charge is -2.07. The second kappa shape index (κ2) is 7.28. The Bertz CT molecular complexity index is 620. The van der Waals surface area contributed by atoms with Gasteiger partial charge in [-0.3, -0.25) is 4.79 Å². The Labute approximate surface area is 138 Å². The van der Waals surface area contributed by atoms with Crippen molar-refractivity contribution in [2.75, 3.05) is 12.3 Å². The molecule has 3 rings (SSSR count). The molecule has 1 amide bonds. The summed E-state index contributed by atoms with van der Waals surface area (Å²) in [5.74, 6) is 2.12. The summed E-state index contributed by atoms with van der Waals surface area (Å²) >= 11 is 3.20. The zero-order valence-electron chi connectivity index (χ0n) is 12.6. The van der Waals surface area contributed by atoms with Crippen molar-refractivity contribution in [2.24, 2.45) is 0 Å². The predicted molar refractivity (Wildman–Crippen MR) is 89.4 cm³/mol. The van der Waals surface area contributed by atoms with Crippen molar-refractivity contribution < 1.29 is 4.79 Å². The van der Waals surface area contributed by atoms with Crippen LogP contribution in [0.3, 0.4) is 0 Å². The van der Waals surface area contributed by atoms with Crippen LogP contribution in [0.15, 0.2) is 22.7 Å². The first-order valence-electron chi connectivity index (χ1n) is 7.63. The molecule has 5 nitrogen and oxygen atoms in total. The number of rotatable bonds is 8. The largest absolute Gasteiger partial charge is 0.355 e. The summed E-state index contributed by atoms with van der Waals surface area (Å²) in [6.45, 7) is 3.65. The lowest BCUT2D eigenvalue weighted by Crippen LogP contribution is -2.27. The van der Waals surface area contributed by atoms with Gasteiger partial charge >= 0.3 is 0 Å². The molecular formula is C15H20N4OS2. The van der Waals surface area contributed by atoms with Gasteiger partial charge in [-0.05, 0) is 37.6 Å². The van der Waals surface area contributed by atoms with E-state index < -0.39 is 0 Å². The number of nitrogens with one attached hydrogen (secondary N) is 1. The lowest BCUT2D eigenvalue weighted by atomic mass is 10.3. The maximum absolute atomic E-state index is 11.9. The van der Waals surface area contributed by atoms with Crippen LogP contribution in [-0.2, 0) is 17.8 Å². The van der Waals surface area contributed by atoms with Gasteiger partial charge in [-0.1, -0.05) is 17.8 Å². The second-order valence-electron chi connectivity index (χ2n) is 5.33. The van der Waals surface area contributed by atoms with Gasteiger partial charge in [0.15, 0.2) is 5.16 Å². The standard InChI is InChI=1S/C15H20N4OS2/c1-2-19-14(11-5-6-11)17-18-15(19)22-10-13(20)16-8-7-12-4-3-9-21-12/h3-4,9,11H,2,5-8,10H2,1H3,(H,16,20). The average molecular weight is 336 g/mol. The Morgan fingerprint density at radius 2 is 2.36 bits per heavy atom. The molecule has 0 aromatic carbocycles. The first kappa shape index (κ1) is 15.6. The van der Waals surface area contributed by atoms with E-state index in [4.69, 9.17) is 0 Å². The van der Waals surface area contributed by atoms with E-state index in [2.05, 4.69) is 38.5 Å². The van der Waals surface area contributed by atoms with Gasteiger partial charge < -0.3 is 9.88 Å². The van der Waals surface area contributed by atoms with Gasteiger partial charge in [0.25, 0.3) is 0 Å². The molecule has 118 valence electrons. The Morgan fingerprint density at radius 1 is 1.50 bits per heavy atom. The van der Waals surface area contributed by atoms with Gasteiger partial charge in [-0.25, -0.2) is 0 Å². The number of thiophene rings is 1. The zero-order valence-corrected chi connectivity index (χ0v) is 14.3. The Morgan fingerprint density at radius 3 is 3.05 bits per heavy atom. The molecule has 0 atom stereocenters. The van der Waals surface area contributed by atoms with Crippen LogP contribution >= 0.6 is 23.1 Å². The van der Waals surface area contributed by atoms with E-state index in [9.17, 15) is 4.79 Å². The minimum Gasteiger partial charge on any atom is -0.355 e. The molecule has 2 heterocycles. The van der Waals surface area contributed by atoms with Crippen molar-refractivity contribution >= 4 is 29.0 Å². The van der Waals surface area contributed by atoms with Crippen LogP contribution in [0.5, 0.6) is 0 Å². The molecule has 2 aromatic rings. The van der Waals surface area contributed by atoms with E-state index in [1.165, 1.54) is 29.5 Å². The summed E-state index contributed by atoms with van der Waals surface area (Å²) in [5, 5.41) is 14.4. The number of aromatic nitrogens is 3. The molecule has 0 bridgehead atoms. The molecule has 7 heteroatoms. The third-order valence-corrected chi connectivity index (χ3v) is 5.51. The third-order valence-electron chi connectivity index (χ3n) is 3.61. The summed E-state index contributed by atoms with van der Waals surface area (Å²) < 4.78 is 2.14. The van der Waals surface area contributed by atoms with Crippen molar-refractivity contribution in [2.45, 2.75) is 43.8 Å². The quantitative estimate of drug-likeness (QED) is 0.753. The Hall–Kier alpha value is -1.34. The van der Waals surface area contributed by atoms with Gasteiger partial charge in [-0.2, -0.15) is 0 Å². The molecule has 22 heavy (non-hydrogen) atoms. The number of nitrogens with zero attached hydrogens (tertiary/aromatic N) is 3. The molecule has 0 aliphatic heterocycles. The van der Waals surface area contributed by atoms with E-state index in [1.807, 2.05) is 6.07 Å². The van der Waals surface area contributed by atoms with Crippen molar-refractivity contribution in [3.05, 3.63) is 28.2 Å². The van der Waals surface area contributed by atoms with E-state index >= 15 is 0 Å². The van der Waals surface area contributed by atoms with Crippen LogP contribution < -0.4 is 5.32 Å². The number of hydrogen-bond donors (Lipinski definition) is 1. The maximum atomic E-state index is 11.9. The molecular weight excluding hydrogens is 316 g/mol. The monoisotopic (exact) mass is 336 g/mol. The van der Waals surface area contributed by atoms with Crippen molar-refractivity contribution in [3.8, 4) is 0 Å². The third kappa shape index (κ3) is 3.89. The SMILES string of the molecule is CCn1c(SCC(=O)NCCc2cccs2)nnc1C1CC1.